The molecule has 5 heteroatoms. The van der Waals surface area contributed by atoms with Crippen LogP contribution in [-0.4, -0.2) is 22.2 Å². The molecule has 49 heavy (non-hydrogen) atoms. The minimum absolute atomic E-state index is 0.0649. The standard InChI is InChI=1S/C44H42N4O/c1-10-26-11-13-27(14-12-26)39-33-17-15-31(45-33)24-37-41(49)44(8,9)38(48-37)25-32-16-18-34(46-32)40(36-20-19-35(39)47-36)28-21-29(42(2,3)4)23-30(22-28)43(5,6)7/h1,11-25,48-49H,2-9H3. The maximum Gasteiger partial charge on any atom is 0.127 e. The van der Waals surface area contributed by atoms with E-state index in [4.69, 9.17) is 21.4 Å². The topological polar surface area (TPSA) is 69.3 Å². The Balaban J connectivity index is 1.54. The number of aliphatic hydroxyl groups is 1. The Morgan fingerprint density at radius 1 is 0.694 bits per heavy atom. The third-order valence-electron chi connectivity index (χ3n) is 9.66. The largest absolute Gasteiger partial charge is 0.509 e. The van der Waals surface area contributed by atoms with Crippen LogP contribution in [-0.2, 0) is 10.8 Å². The Hall–Kier alpha value is -5.47. The molecule has 0 radical (unpaired) electrons. The first-order valence-electron chi connectivity index (χ1n) is 16.8. The number of allylic oxidation sites excluding steroid dienone is 10. The lowest BCUT2D eigenvalue weighted by Gasteiger charge is -2.27. The van der Waals surface area contributed by atoms with Gasteiger partial charge >= 0.3 is 0 Å². The molecular formula is C44H42N4O. The highest BCUT2D eigenvalue weighted by Crippen LogP contribution is 2.42. The molecule has 0 aliphatic carbocycles. The molecule has 0 fully saturated rings. The smallest absolute Gasteiger partial charge is 0.127 e. The number of aliphatic imine (C=N–C) groups is 3. The number of hydrogen-bond donors (Lipinski definition) is 2. The van der Waals surface area contributed by atoms with Gasteiger partial charge < -0.3 is 10.4 Å². The van der Waals surface area contributed by atoms with Crippen molar-refractivity contribution in [3.05, 3.63) is 153 Å². The van der Waals surface area contributed by atoms with E-state index in [0.29, 0.717) is 5.70 Å². The molecule has 0 spiro atoms. The maximum atomic E-state index is 11.4. The second-order valence-corrected chi connectivity index (χ2v) is 15.7. The van der Waals surface area contributed by atoms with Crippen LogP contribution in [0.4, 0.5) is 0 Å². The molecule has 2 aromatic carbocycles. The van der Waals surface area contributed by atoms with Crippen molar-refractivity contribution >= 4 is 28.3 Å². The second-order valence-electron chi connectivity index (χ2n) is 15.7. The lowest BCUT2D eigenvalue weighted by atomic mass is 9.78. The van der Waals surface area contributed by atoms with Gasteiger partial charge in [-0.15, -0.1) is 6.42 Å². The quantitative estimate of drug-likeness (QED) is 0.320. The Bertz CT molecular complexity index is 2180. The van der Waals surface area contributed by atoms with Gasteiger partial charge in [0.05, 0.1) is 45.3 Å². The average molecular weight is 643 g/mol. The maximum absolute atomic E-state index is 11.4. The SMILES string of the molecule is C#Cc1ccc(C2=C3C=CC(=N3)C(c3cc(C(C)(C)C)cc(C(C)(C)C)c3)=C3C=CC(=N3)C=C3NC(=C(O)C3(C)C)C=C3C=CC2=N3)cc1. The molecule has 8 bridgehead atoms. The fourth-order valence-corrected chi connectivity index (χ4v) is 6.50. The molecule has 2 aromatic rings. The summed E-state index contributed by atoms with van der Waals surface area (Å²) in [5.41, 5.74) is 12.7. The number of terminal acetylenes is 1. The monoisotopic (exact) mass is 642 g/mol. The Morgan fingerprint density at radius 2 is 1.29 bits per heavy atom. The van der Waals surface area contributed by atoms with Crippen LogP contribution in [0.3, 0.4) is 0 Å². The van der Waals surface area contributed by atoms with Crippen molar-refractivity contribution in [2.24, 2.45) is 20.4 Å². The zero-order chi connectivity index (χ0) is 34.9. The number of nitrogens with one attached hydrogen (secondary N) is 1. The van der Waals surface area contributed by atoms with Crippen molar-refractivity contribution in [3.8, 4) is 12.3 Å². The highest BCUT2D eigenvalue weighted by Gasteiger charge is 2.37. The van der Waals surface area contributed by atoms with Crippen molar-refractivity contribution in [3.63, 3.8) is 0 Å². The first kappa shape index (κ1) is 32.1. The summed E-state index contributed by atoms with van der Waals surface area (Å²) >= 11 is 0. The highest BCUT2D eigenvalue weighted by atomic mass is 16.3. The van der Waals surface area contributed by atoms with Crippen LogP contribution in [0.5, 0.6) is 0 Å². The summed E-state index contributed by atoms with van der Waals surface area (Å²) in [5.74, 6) is 2.98. The summed E-state index contributed by atoms with van der Waals surface area (Å²) in [6.45, 7) is 17.5. The van der Waals surface area contributed by atoms with E-state index in [9.17, 15) is 5.11 Å². The van der Waals surface area contributed by atoms with Crippen molar-refractivity contribution < 1.29 is 5.11 Å². The zero-order valence-corrected chi connectivity index (χ0v) is 29.5. The van der Waals surface area contributed by atoms with Crippen LogP contribution in [0.15, 0.2) is 140 Å². The van der Waals surface area contributed by atoms with Crippen LogP contribution in [0.1, 0.15) is 83.2 Å². The minimum Gasteiger partial charge on any atom is -0.509 e. The van der Waals surface area contributed by atoms with Crippen molar-refractivity contribution in [1.82, 2.24) is 5.32 Å². The summed E-state index contributed by atoms with van der Waals surface area (Å²) < 4.78 is 0. The number of aliphatic hydroxyl groups excluding tert-OH is 1. The van der Waals surface area contributed by atoms with Gasteiger partial charge in [-0.25, -0.2) is 15.0 Å². The number of fused-ring (bicyclic) bond motifs is 5. The first-order valence-corrected chi connectivity index (χ1v) is 16.8. The van der Waals surface area contributed by atoms with E-state index in [1.807, 2.05) is 68.5 Å². The number of rotatable bonds is 2. The zero-order valence-electron chi connectivity index (χ0n) is 29.5. The minimum atomic E-state index is -0.638. The third kappa shape index (κ3) is 5.82. The van der Waals surface area contributed by atoms with E-state index in [-0.39, 0.29) is 16.6 Å². The molecule has 0 atom stereocenters. The van der Waals surface area contributed by atoms with Crippen molar-refractivity contribution in [2.45, 2.75) is 66.2 Å². The van der Waals surface area contributed by atoms with Gasteiger partial charge in [0.15, 0.2) is 0 Å². The van der Waals surface area contributed by atoms with E-state index in [1.54, 1.807) is 0 Å². The Kier molecular flexibility index (Phi) is 7.41. The molecule has 5 aliphatic rings. The Labute approximate surface area is 290 Å². The molecule has 0 aromatic heterocycles. The van der Waals surface area contributed by atoms with E-state index in [2.05, 4.69) is 89.2 Å². The van der Waals surface area contributed by atoms with Crippen LogP contribution in [0.2, 0.25) is 0 Å². The predicted molar refractivity (Wildman–Crippen MR) is 205 cm³/mol. The van der Waals surface area contributed by atoms with Crippen molar-refractivity contribution in [1.29, 1.82) is 0 Å². The highest BCUT2D eigenvalue weighted by molar-refractivity contribution is 6.36. The molecule has 0 amide bonds. The lowest BCUT2D eigenvalue weighted by molar-refractivity contribution is 0.301. The molecular weight excluding hydrogens is 601 g/mol. The van der Waals surface area contributed by atoms with Crippen LogP contribution in [0, 0.1) is 17.8 Å². The van der Waals surface area contributed by atoms with E-state index in [0.717, 1.165) is 67.8 Å². The molecule has 244 valence electrons. The summed E-state index contributed by atoms with van der Waals surface area (Å²) in [6.07, 6.45) is 21.9. The molecule has 2 N–H and O–H groups in total. The first-order chi connectivity index (χ1) is 23.1. The summed E-state index contributed by atoms with van der Waals surface area (Å²) in [5, 5.41) is 14.8. The van der Waals surface area contributed by atoms with Gasteiger partial charge in [-0.2, -0.15) is 0 Å². The second kappa shape index (κ2) is 11.3. The summed E-state index contributed by atoms with van der Waals surface area (Å²) in [7, 11) is 0. The van der Waals surface area contributed by atoms with Gasteiger partial charge in [0.2, 0.25) is 0 Å². The van der Waals surface area contributed by atoms with Gasteiger partial charge in [0.25, 0.3) is 0 Å². The lowest BCUT2D eigenvalue weighted by Crippen LogP contribution is -2.19. The predicted octanol–water partition coefficient (Wildman–Crippen LogP) is 9.60. The molecule has 0 unspecified atom stereocenters. The summed E-state index contributed by atoms with van der Waals surface area (Å²) in [6, 6.07) is 14.9. The fourth-order valence-electron chi connectivity index (χ4n) is 6.50. The molecule has 7 rings (SSSR count). The summed E-state index contributed by atoms with van der Waals surface area (Å²) in [4.78, 5) is 15.6. The van der Waals surface area contributed by atoms with E-state index in [1.165, 1.54) is 11.1 Å². The normalized spacial score (nSPS) is 19.5. The Morgan fingerprint density at radius 3 is 1.94 bits per heavy atom. The van der Waals surface area contributed by atoms with Gasteiger partial charge in [-0.1, -0.05) is 77.8 Å². The van der Waals surface area contributed by atoms with Crippen molar-refractivity contribution in [2.75, 3.05) is 0 Å². The average Bonchev–Trinajstić information content (AvgIpc) is 3.84. The van der Waals surface area contributed by atoms with Crippen LogP contribution < -0.4 is 5.32 Å². The third-order valence-corrected chi connectivity index (χ3v) is 9.66. The fraction of sp³-hybridized carbons (Fsp3) is 0.250. The van der Waals surface area contributed by atoms with Gasteiger partial charge in [-0.3, -0.25) is 0 Å². The molecule has 0 saturated carbocycles. The number of nitrogens with zero attached hydrogens (tertiary/aromatic N) is 3. The number of benzene rings is 2. The van der Waals surface area contributed by atoms with E-state index < -0.39 is 5.41 Å². The van der Waals surface area contributed by atoms with Gasteiger partial charge in [0.1, 0.15) is 5.76 Å². The molecule has 5 nitrogen and oxygen atoms in total. The number of hydrogen-bond acceptors (Lipinski definition) is 5. The van der Waals surface area contributed by atoms with E-state index >= 15 is 0 Å². The molecule has 0 saturated heterocycles. The van der Waals surface area contributed by atoms with Crippen LogP contribution in [0.25, 0.3) is 11.1 Å². The molecule has 5 heterocycles. The van der Waals surface area contributed by atoms with Gasteiger partial charge in [-0.05, 0) is 108 Å². The molecule has 5 aliphatic heterocycles. The van der Waals surface area contributed by atoms with Crippen LogP contribution >= 0.6 is 0 Å². The van der Waals surface area contributed by atoms with Gasteiger partial charge in [0, 0.05) is 22.4 Å².